The first-order chi connectivity index (χ1) is 7.22. The fourth-order valence-corrected chi connectivity index (χ4v) is 1.20. The van der Waals surface area contributed by atoms with Crippen molar-refractivity contribution in [3.05, 3.63) is 34.9 Å². The Bertz CT molecular complexity index is 323. The van der Waals surface area contributed by atoms with Gasteiger partial charge in [-0.25, -0.2) is 5.43 Å². The zero-order valence-electron chi connectivity index (χ0n) is 8.00. The van der Waals surface area contributed by atoms with E-state index in [2.05, 4.69) is 15.4 Å². The van der Waals surface area contributed by atoms with Gasteiger partial charge in [-0.05, 0) is 24.1 Å². The molecule has 82 valence electrons. The second kappa shape index (κ2) is 6.50. The quantitative estimate of drug-likeness (QED) is 0.326. The number of nitrogens with two attached hydrogens (primary N) is 1. The van der Waals surface area contributed by atoms with Gasteiger partial charge in [-0.1, -0.05) is 23.7 Å². The molecule has 0 amide bonds. The van der Waals surface area contributed by atoms with Crippen LogP contribution in [-0.4, -0.2) is 12.5 Å². The number of guanidine groups is 1. The van der Waals surface area contributed by atoms with Crippen LogP contribution in [0.2, 0.25) is 5.02 Å². The van der Waals surface area contributed by atoms with Crippen molar-refractivity contribution >= 4 is 29.3 Å². The lowest BCUT2D eigenvalue weighted by Crippen LogP contribution is -2.42. The fraction of sp³-hybridized carbons (Fsp3) is 0.222. The van der Waals surface area contributed by atoms with Gasteiger partial charge in [0.1, 0.15) is 0 Å². The van der Waals surface area contributed by atoms with Crippen LogP contribution in [0.1, 0.15) is 5.56 Å². The molecule has 1 aromatic rings. The van der Waals surface area contributed by atoms with Crippen molar-refractivity contribution in [1.29, 1.82) is 0 Å². The highest BCUT2D eigenvalue weighted by atomic mass is 35.5. The predicted molar refractivity (Wildman–Crippen MR) is 63.8 cm³/mol. The smallest absolute Gasteiger partial charge is 0.220 e. The van der Waals surface area contributed by atoms with Crippen molar-refractivity contribution < 1.29 is 0 Å². The minimum absolute atomic E-state index is 0.146. The standard InChI is InChI=1S/C9H12Cl2N4/c10-8-3-1-7(2-4-8)5-6-13-15-9(12)14-11/h1-4,13H,5-6H2,(H3,12,14,15). The number of nitrogens with one attached hydrogen (secondary N) is 2. The summed E-state index contributed by atoms with van der Waals surface area (Å²) in [5.74, 6) is 0.146. The molecule has 4 nitrogen and oxygen atoms in total. The van der Waals surface area contributed by atoms with Gasteiger partial charge in [-0.2, -0.15) is 0 Å². The van der Waals surface area contributed by atoms with Crippen molar-refractivity contribution in [2.45, 2.75) is 6.42 Å². The third-order valence-electron chi connectivity index (χ3n) is 1.76. The van der Waals surface area contributed by atoms with Gasteiger partial charge in [0.15, 0.2) is 0 Å². The van der Waals surface area contributed by atoms with E-state index in [4.69, 9.17) is 29.1 Å². The molecule has 0 aliphatic heterocycles. The van der Waals surface area contributed by atoms with Gasteiger partial charge < -0.3 is 5.73 Å². The first-order valence-corrected chi connectivity index (χ1v) is 5.11. The highest BCUT2D eigenvalue weighted by molar-refractivity contribution is 6.30. The summed E-state index contributed by atoms with van der Waals surface area (Å²) in [6, 6.07) is 7.67. The molecule has 0 aliphatic rings. The van der Waals surface area contributed by atoms with Crippen molar-refractivity contribution in [3.63, 3.8) is 0 Å². The monoisotopic (exact) mass is 246 g/mol. The number of halogens is 2. The van der Waals surface area contributed by atoms with Crippen LogP contribution in [0.25, 0.3) is 0 Å². The molecule has 0 spiro atoms. The zero-order valence-corrected chi connectivity index (χ0v) is 9.52. The highest BCUT2D eigenvalue weighted by Gasteiger charge is 1.93. The highest BCUT2D eigenvalue weighted by Crippen LogP contribution is 2.09. The predicted octanol–water partition coefficient (Wildman–Crippen LogP) is 1.45. The van der Waals surface area contributed by atoms with Crippen LogP contribution in [0.3, 0.4) is 0 Å². The van der Waals surface area contributed by atoms with Gasteiger partial charge in [0.05, 0.1) is 0 Å². The molecule has 15 heavy (non-hydrogen) atoms. The first-order valence-electron chi connectivity index (χ1n) is 4.40. The van der Waals surface area contributed by atoms with E-state index in [-0.39, 0.29) is 5.96 Å². The summed E-state index contributed by atoms with van der Waals surface area (Å²) in [6.45, 7) is 0.717. The summed E-state index contributed by atoms with van der Waals surface area (Å²) >= 11 is 10.9. The Hall–Kier alpha value is -0.970. The second-order valence-corrected chi connectivity index (χ2v) is 3.50. The average Bonchev–Trinajstić information content (AvgIpc) is 2.26. The van der Waals surface area contributed by atoms with Crippen LogP contribution in [-0.2, 0) is 6.42 Å². The lowest BCUT2D eigenvalue weighted by Gasteiger charge is -2.06. The molecular weight excluding hydrogens is 235 g/mol. The lowest BCUT2D eigenvalue weighted by molar-refractivity contribution is 0.647. The van der Waals surface area contributed by atoms with Crippen LogP contribution in [0.5, 0.6) is 0 Å². The minimum Gasteiger partial charge on any atom is -0.368 e. The summed E-state index contributed by atoms with van der Waals surface area (Å²) in [4.78, 5) is 0. The summed E-state index contributed by atoms with van der Waals surface area (Å²) in [7, 11) is 0. The van der Waals surface area contributed by atoms with E-state index < -0.39 is 0 Å². The molecule has 0 fully saturated rings. The Balaban J connectivity index is 2.23. The number of rotatable bonds is 4. The number of nitrogens with zero attached hydrogens (tertiary/aromatic N) is 1. The average molecular weight is 247 g/mol. The van der Waals surface area contributed by atoms with Crippen LogP contribution in [0.4, 0.5) is 0 Å². The maximum absolute atomic E-state index is 5.76. The van der Waals surface area contributed by atoms with Gasteiger partial charge >= 0.3 is 0 Å². The van der Waals surface area contributed by atoms with Gasteiger partial charge in [-0.15, -0.1) is 4.51 Å². The summed E-state index contributed by atoms with van der Waals surface area (Å²) in [6.07, 6.45) is 0.861. The van der Waals surface area contributed by atoms with E-state index in [1.165, 1.54) is 5.56 Å². The third-order valence-corrected chi connectivity index (χ3v) is 2.19. The molecule has 4 N–H and O–H groups in total. The van der Waals surface area contributed by atoms with E-state index >= 15 is 0 Å². The van der Waals surface area contributed by atoms with Crippen LogP contribution in [0.15, 0.2) is 28.8 Å². The molecule has 0 unspecified atom stereocenters. The van der Waals surface area contributed by atoms with Gasteiger partial charge in [0.25, 0.3) is 0 Å². The van der Waals surface area contributed by atoms with E-state index in [1.807, 2.05) is 24.3 Å². The molecule has 1 aromatic carbocycles. The molecule has 0 atom stereocenters. The Morgan fingerprint density at radius 2 is 2.00 bits per heavy atom. The summed E-state index contributed by atoms with van der Waals surface area (Å²) in [5, 5.41) is 0.739. The SMILES string of the molecule is N/C(=N\Cl)NNCCc1ccc(Cl)cc1. The molecule has 0 heterocycles. The van der Waals surface area contributed by atoms with Crippen molar-refractivity contribution in [2.75, 3.05) is 6.54 Å². The van der Waals surface area contributed by atoms with Crippen LogP contribution >= 0.6 is 23.4 Å². The molecule has 0 radical (unpaired) electrons. The largest absolute Gasteiger partial charge is 0.368 e. The summed E-state index contributed by atoms with van der Waals surface area (Å²) in [5.41, 5.74) is 12.0. The molecule has 0 aromatic heterocycles. The number of hydrogen-bond donors (Lipinski definition) is 3. The van der Waals surface area contributed by atoms with Crippen LogP contribution in [0, 0.1) is 0 Å². The maximum Gasteiger partial charge on any atom is 0.220 e. The van der Waals surface area contributed by atoms with Gasteiger partial charge in [0.2, 0.25) is 5.96 Å². The lowest BCUT2D eigenvalue weighted by atomic mass is 10.2. The van der Waals surface area contributed by atoms with E-state index in [0.29, 0.717) is 0 Å². The number of benzene rings is 1. The van der Waals surface area contributed by atoms with Crippen LogP contribution < -0.4 is 16.6 Å². The molecule has 0 saturated carbocycles. The molecule has 6 heteroatoms. The molecule has 1 rings (SSSR count). The normalized spacial score (nSPS) is 11.5. The maximum atomic E-state index is 5.76. The zero-order chi connectivity index (χ0) is 11.1. The van der Waals surface area contributed by atoms with Gasteiger partial charge in [-0.3, -0.25) is 5.43 Å². The van der Waals surface area contributed by atoms with Crippen molar-refractivity contribution in [1.82, 2.24) is 10.9 Å². The molecular formula is C9H12Cl2N4. The Labute approximate surface area is 98.5 Å². The van der Waals surface area contributed by atoms with E-state index in [1.54, 1.807) is 0 Å². The second-order valence-electron chi connectivity index (χ2n) is 2.90. The Morgan fingerprint density at radius 3 is 2.60 bits per heavy atom. The number of hydrogen-bond acceptors (Lipinski definition) is 2. The van der Waals surface area contributed by atoms with Crippen molar-refractivity contribution in [3.8, 4) is 0 Å². The Kier molecular flexibility index (Phi) is 5.25. The Morgan fingerprint density at radius 1 is 1.33 bits per heavy atom. The minimum atomic E-state index is 0.146. The molecule has 0 aliphatic carbocycles. The fourth-order valence-electron chi connectivity index (χ4n) is 1.03. The third kappa shape index (κ3) is 4.88. The topological polar surface area (TPSA) is 62.4 Å². The van der Waals surface area contributed by atoms with Gasteiger partial charge in [0, 0.05) is 23.3 Å². The molecule has 0 saturated heterocycles. The first kappa shape index (κ1) is 12.1. The van der Waals surface area contributed by atoms with E-state index in [0.717, 1.165) is 18.0 Å². The van der Waals surface area contributed by atoms with Crippen molar-refractivity contribution in [2.24, 2.45) is 10.2 Å². The number of hydrazine groups is 1. The summed E-state index contributed by atoms with van der Waals surface area (Å²) < 4.78 is 3.22. The van der Waals surface area contributed by atoms with E-state index in [9.17, 15) is 0 Å². The molecule has 0 bridgehead atoms.